The second kappa shape index (κ2) is 7.52. The van der Waals surface area contributed by atoms with Gasteiger partial charge in [0.05, 0.1) is 12.5 Å². The van der Waals surface area contributed by atoms with Crippen molar-refractivity contribution in [3.63, 3.8) is 0 Å². The number of carbonyl (C=O) groups excluding carboxylic acids is 1. The van der Waals surface area contributed by atoms with E-state index >= 15 is 0 Å². The van der Waals surface area contributed by atoms with E-state index in [-0.39, 0.29) is 17.3 Å². The van der Waals surface area contributed by atoms with Gasteiger partial charge in [0.2, 0.25) is 0 Å². The predicted molar refractivity (Wildman–Crippen MR) is 72.9 cm³/mol. The molecule has 17 heavy (non-hydrogen) atoms. The molecule has 0 aliphatic rings. The standard InChI is InChI=1S/C15H28O2/c1-7-12(4)10-15(5,6)11-17-14(16)13(8-2)9-3/h10,13H,7-9,11H2,1-6H3/b12-10+. The van der Waals surface area contributed by atoms with Crippen molar-refractivity contribution in [3.05, 3.63) is 11.6 Å². The maximum atomic E-state index is 11.8. The Kier molecular flexibility index (Phi) is 7.17. The summed E-state index contributed by atoms with van der Waals surface area (Å²) in [5.74, 6) is 0.00711. The molecule has 0 fully saturated rings. The molecule has 0 heterocycles. The lowest BCUT2D eigenvalue weighted by Gasteiger charge is -2.22. The van der Waals surface area contributed by atoms with Crippen LogP contribution in [0.1, 0.15) is 60.8 Å². The molecule has 0 aliphatic heterocycles. The van der Waals surface area contributed by atoms with Crippen molar-refractivity contribution in [2.24, 2.45) is 11.3 Å². The molecule has 0 aromatic carbocycles. The fraction of sp³-hybridized carbons (Fsp3) is 0.800. The highest BCUT2D eigenvalue weighted by Gasteiger charge is 2.21. The first-order valence-electron chi connectivity index (χ1n) is 6.71. The molecule has 0 radical (unpaired) electrons. The third kappa shape index (κ3) is 6.50. The van der Waals surface area contributed by atoms with E-state index in [1.165, 1.54) is 5.57 Å². The zero-order chi connectivity index (χ0) is 13.5. The summed E-state index contributed by atoms with van der Waals surface area (Å²) in [5, 5.41) is 0. The first-order valence-corrected chi connectivity index (χ1v) is 6.71. The lowest BCUT2D eigenvalue weighted by atomic mass is 9.91. The summed E-state index contributed by atoms with van der Waals surface area (Å²) in [6.07, 6.45) is 4.97. The first kappa shape index (κ1) is 16.2. The predicted octanol–water partition coefficient (Wildman–Crippen LogP) is 4.35. The number of rotatable bonds is 7. The molecule has 0 bridgehead atoms. The number of carbonyl (C=O) groups is 1. The number of hydrogen-bond acceptors (Lipinski definition) is 2. The summed E-state index contributed by atoms with van der Waals surface area (Å²) in [5.41, 5.74) is 1.27. The summed E-state index contributed by atoms with van der Waals surface area (Å²) >= 11 is 0. The largest absolute Gasteiger partial charge is 0.465 e. The van der Waals surface area contributed by atoms with Crippen molar-refractivity contribution in [3.8, 4) is 0 Å². The summed E-state index contributed by atoms with van der Waals surface area (Å²) in [7, 11) is 0. The van der Waals surface area contributed by atoms with Crippen LogP contribution in [0.2, 0.25) is 0 Å². The SMILES string of the molecule is CC/C(C)=C/C(C)(C)COC(=O)C(CC)CC. The molecule has 0 aliphatic carbocycles. The average molecular weight is 240 g/mol. The Morgan fingerprint density at radius 1 is 1.24 bits per heavy atom. The number of allylic oxidation sites excluding steroid dienone is 1. The fourth-order valence-electron chi connectivity index (χ4n) is 1.81. The minimum atomic E-state index is -0.0677. The van der Waals surface area contributed by atoms with Gasteiger partial charge in [-0.3, -0.25) is 4.79 Å². The van der Waals surface area contributed by atoms with Crippen molar-refractivity contribution in [1.82, 2.24) is 0 Å². The molecule has 0 amide bonds. The third-order valence-electron chi connectivity index (χ3n) is 3.10. The Morgan fingerprint density at radius 3 is 2.18 bits per heavy atom. The molecule has 0 N–H and O–H groups in total. The Morgan fingerprint density at radius 2 is 1.76 bits per heavy atom. The Hall–Kier alpha value is -0.790. The minimum absolute atomic E-state index is 0.0503. The van der Waals surface area contributed by atoms with Crippen LogP contribution in [0.15, 0.2) is 11.6 Å². The van der Waals surface area contributed by atoms with E-state index in [2.05, 4.69) is 33.8 Å². The van der Waals surface area contributed by atoms with Gasteiger partial charge in [0.1, 0.15) is 0 Å². The van der Waals surface area contributed by atoms with Gasteiger partial charge in [0, 0.05) is 5.41 Å². The van der Waals surface area contributed by atoms with Crippen LogP contribution in [0.25, 0.3) is 0 Å². The minimum Gasteiger partial charge on any atom is -0.465 e. The number of ether oxygens (including phenoxy) is 1. The molecule has 2 heteroatoms. The van der Waals surface area contributed by atoms with Crippen LogP contribution in [-0.4, -0.2) is 12.6 Å². The molecule has 100 valence electrons. The normalized spacial score (nSPS) is 13.0. The topological polar surface area (TPSA) is 26.3 Å². The van der Waals surface area contributed by atoms with E-state index in [0.29, 0.717) is 6.61 Å². The van der Waals surface area contributed by atoms with E-state index in [1.807, 2.05) is 13.8 Å². The van der Waals surface area contributed by atoms with Crippen LogP contribution in [0, 0.1) is 11.3 Å². The van der Waals surface area contributed by atoms with Crippen LogP contribution in [-0.2, 0) is 9.53 Å². The van der Waals surface area contributed by atoms with Gasteiger partial charge in [-0.05, 0) is 26.2 Å². The highest BCUT2D eigenvalue weighted by atomic mass is 16.5. The van der Waals surface area contributed by atoms with Crippen LogP contribution in [0.4, 0.5) is 0 Å². The lowest BCUT2D eigenvalue weighted by Crippen LogP contribution is -2.24. The van der Waals surface area contributed by atoms with E-state index < -0.39 is 0 Å². The van der Waals surface area contributed by atoms with Gasteiger partial charge in [-0.15, -0.1) is 0 Å². The molecule has 0 aromatic rings. The molecule has 0 saturated carbocycles. The van der Waals surface area contributed by atoms with Gasteiger partial charge in [-0.2, -0.15) is 0 Å². The van der Waals surface area contributed by atoms with E-state index in [1.54, 1.807) is 0 Å². The monoisotopic (exact) mass is 240 g/mol. The zero-order valence-corrected chi connectivity index (χ0v) is 12.3. The van der Waals surface area contributed by atoms with E-state index in [4.69, 9.17) is 4.74 Å². The second-order valence-corrected chi connectivity index (χ2v) is 5.45. The molecule has 0 aromatic heterocycles. The number of hydrogen-bond donors (Lipinski definition) is 0. The lowest BCUT2D eigenvalue weighted by molar-refractivity contribution is -0.151. The maximum absolute atomic E-state index is 11.8. The second-order valence-electron chi connectivity index (χ2n) is 5.45. The van der Waals surface area contributed by atoms with Gasteiger partial charge in [0.25, 0.3) is 0 Å². The summed E-state index contributed by atoms with van der Waals surface area (Å²) in [6.45, 7) is 13.0. The van der Waals surface area contributed by atoms with E-state index in [9.17, 15) is 4.79 Å². The zero-order valence-electron chi connectivity index (χ0n) is 12.3. The van der Waals surface area contributed by atoms with Crippen LogP contribution in [0.5, 0.6) is 0 Å². The Labute approximate surface area is 106 Å². The first-order chi connectivity index (χ1) is 7.86. The van der Waals surface area contributed by atoms with Crippen molar-refractivity contribution in [2.45, 2.75) is 60.8 Å². The van der Waals surface area contributed by atoms with Gasteiger partial charge in [-0.1, -0.05) is 46.3 Å². The van der Waals surface area contributed by atoms with Gasteiger partial charge < -0.3 is 4.74 Å². The molecular weight excluding hydrogens is 212 g/mol. The Bertz CT molecular complexity index is 260. The average Bonchev–Trinajstić information content (AvgIpc) is 2.27. The van der Waals surface area contributed by atoms with Crippen LogP contribution < -0.4 is 0 Å². The molecule has 0 atom stereocenters. The van der Waals surface area contributed by atoms with Crippen molar-refractivity contribution < 1.29 is 9.53 Å². The third-order valence-corrected chi connectivity index (χ3v) is 3.10. The van der Waals surface area contributed by atoms with Gasteiger partial charge in [0.15, 0.2) is 0 Å². The molecular formula is C15H28O2. The summed E-state index contributed by atoms with van der Waals surface area (Å²) in [4.78, 5) is 11.8. The van der Waals surface area contributed by atoms with E-state index in [0.717, 1.165) is 19.3 Å². The van der Waals surface area contributed by atoms with Crippen LogP contribution in [0.3, 0.4) is 0 Å². The fourth-order valence-corrected chi connectivity index (χ4v) is 1.81. The molecule has 0 saturated heterocycles. The molecule has 0 rings (SSSR count). The quantitative estimate of drug-likeness (QED) is 0.488. The molecule has 0 unspecified atom stereocenters. The Balaban J connectivity index is 4.31. The van der Waals surface area contributed by atoms with Crippen molar-refractivity contribution in [1.29, 1.82) is 0 Å². The number of esters is 1. The van der Waals surface area contributed by atoms with Gasteiger partial charge in [-0.25, -0.2) is 0 Å². The smallest absolute Gasteiger partial charge is 0.308 e. The molecule has 2 nitrogen and oxygen atoms in total. The highest BCUT2D eigenvalue weighted by molar-refractivity contribution is 5.72. The summed E-state index contributed by atoms with van der Waals surface area (Å²) in [6, 6.07) is 0. The van der Waals surface area contributed by atoms with Crippen LogP contribution >= 0.6 is 0 Å². The summed E-state index contributed by atoms with van der Waals surface area (Å²) < 4.78 is 5.41. The highest BCUT2D eigenvalue weighted by Crippen LogP contribution is 2.22. The van der Waals surface area contributed by atoms with Crippen molar-refractivity contribution >= 4 is 5.97 Å². The maximum Gasteiger partial charge on any atom is 0.308 e. The van der Waals surface area contributed by atoms with Crippen molar-refractivity contribution in [2.75, 3.05) is 6.61 Å². The van der Waals surface area contributed by atoms with Gasteiger partial charge >= 0.3 is 5.97 Å². The molecule has 0 spiro atoms.